The van der Waals surface area contributed by atoms with Crippen LogP contribution in [0.1, 0.15) is 62.1 Å². The molecule has 1 amide bonds. The van der Waals surface area contributed by atoms with Gasteiger partial charge in [-0.05, 0) is 74.9 Å². The molecule has 3 aliphatic heterocycles. The van der Waals surface area contributed by atoms with E-state index < -0.39 is 39.3 Å². The van der Waals surface area contributed by atoms with E-state index in [1.54, 1.807) is 24.1 Å². The predicted molar refractivity (Wildman–Crippen MR) is 170 cm³/mol. The lowest BCUT2D eigenvalue weighted by Gasteiger charge is -2.40. The van der Waals surface area contributed by atoms with Crippen LogP contribution in [0.3, 0.4) is 0 Å². The molecule has 46 heavy (non-hydrogen) atoms. The molecule has 5 rings (SSSR count). The molecule has 0 radical (unpaired) electrons. The molecule has 2 aromatic rings. The summed E-state index contributed by atoms with van der Waals surface area (Å²) < 4.78 is 89.1. The minimum atomic E-state index is -4.53. The number of likely N-dealkylation sites (tertiary alicyclic amines) is 2. The van der Waals surface area contributed by atoms with Gasteiger partial charge < -0.3 is 14.5 Å². The summed E-state index contributed by atoms with van der Waals surface area (Å²) in [4.78, 5) is 19.4. The fourth-order valence-corrected chi connectivity index (χ4v) is 7.83. The highest BCUT2D eigenvalue weighted by Gasteiger charge is 2.57. The lowest BCUT2D eigenvalue weighted by atomic mass is 9.83. The molecule has 0 saturated carbocycles. The van der Waals surface area contributed by atoms with Crippen molar-refractivity contribution in [1.29, 1.82) is 0 Å². The van der Waals surface area contributed by atoms with E-state index in [1.165, 1.54) is 10.4 Å². The van der Waals surface area contributed by atoms with Crippen molar-refractivity contribution < 1.29 is 35.5 Å². The van der Waals surface area contributed by atoms with Crippen LogP contribution >= 0.6 is 0 Å². The number of piperidine rings is 1. The zero-order valence-electron chi connectivity index (χ0n) is 27.1. The topological polar surface area (TPSA) is 73.4 Å². The molecule has 3 saturated heterocycles. The van der Waals surface area contributed by atoms with Gasteiger partial charge in [0, 0.05) is 69.5 Å². The number of methoxy groups -OCH3 is 1. The molecule has 3 aliphatic rings. The van der Waals surface area contributed by atoms with Crippen molar-refractivity contribution >= 4 is 21.6 Å². The van der Waals surface area contributed by atoms with Gasteiger partial charge in [0.25, 0.3) is 5.91 Å². The molecule has 2 aromatic carbocycles. The van der Waals surface area contributed by atoms with Gasteiger partial charge in [0.05, 0.1) is 18.9 Å². The Kier molecular flexibility index (Phi) is 9.44. The van der Waals surface area contributed by atoms with Crippen LogP contribution in [0.2, 0.25) is 0 Å². The SMILES string of the molecule is COc1ccc([C@@H]2CN(C(C)(C)C)C[C@@]2(F)C(=O)N2CCC(c3ccc(C(F)(F)F)cc3N3CCN(S(C)(=O)=O)CC3)CC2)cc1. The van der Waals surface area contributed by atoms with E-state index in [9.17, 15) is 26.4 Å². The van der Waals surface area contributed by atoms with Gasteiger partial charge in [-0.2, -0.15) is 17.5 Å². The average molecular weight is 669 g/mol. The van der Waals surface area contributed by atoms with Gasteiger partial charge in [-0.15, -0.1) is 0 Å². The maximum Gasteiger partial charge on any atom is 0.416 e. The second-order valence-electron chi connectivity index (χ2n) is 13.7. The van der Waals surface area contributed by atoms with E-state index in [1.807, 2.05) is 42.7 Å². The number of rotatable bonds is 6. The lowest BCUT2D eigenvalue weighted by Crippen LogP contribution is -2.53. The Bertz CT molecular complexity index is 1510. The number of hydrogen-bond donors (Lipinski definition) is 0. The highest BCUT2D eigenvalue weighted by molar-refractivity contribution is 7.88. The van der Waals surface area contributed by atoms with E-state index >= 15 is 4.39 Å². The molecule has 2 atom stereocenters. The molecule has 0 unspecified atom stereocenters. The van der Waals surface area contributed by atoms with Crippen LogP contribution in [-0.2, 0) is 21.0 Å². The summed E-state index contributed by atoms with van der Waals surface area (Å²) in [5.74, 6) is -0.720. The molecule has 8 nitrogen and oxygen atoms in total. The normalized spacial score (nSPS) is 24.4. The third-order valence-corrected chi connectivity index (χ3v) is 11.1. The Morgan fingerprint density at radius 3 is 2.07 bits per heavy atom. The second-order valence-corrected chi connectivity index (χ2v) is 15.7. The van der Waals surface area contributed by atoms with Gasteiger partial charge in [0.1, 0.15) is 5.75 Å². The molecule has 0 aromatic heterocycles. The number of nitrogens with zero attached hydrogens (tertiary/aromatic N) is 4. The first-order chi connectivity index (χ1) is 21.4. The van der Waals surface area contributed by atoms with Crippen molar-refractivity contribution in [2.75, 3.05) is 70.6 Å². The number of carbonyl (C=O) groups excluding carboxylic acids is 1. The zero-order chi connectivity index (χ0) is 33.7. The second kappa shape index (κ2) is 12.6. The van der Waals surface area contributed by atoms with Crippen LogP contribution in [0.4, 0.5) is 23.2 Å². The van der Waals surface area contributed by atoms with Crippen LogP contribution in [-0.4, -0.2) is 105 Å². The summed E-state index contributed by atoms with van der Waals surface area (Å²) in [5, 5.41) is 0. The standard InChI is InChI=1S/C33H44F4N4O4S/c1-31(2,3)40-21-28(24-6-9-26(45-4)10-7-24)32(34,22-40)30(42)39-14-12-23(13-15-39)27-11-8-25(33(35,36)37)20-29(27)38-16-18-41(19-17-38)46(5,43)44/h6-11,20,23,28H,12-19,21-22H2,1-5H3/t28-,32-/m0/s1. The minimum Gasteiger partial charge on any atom is -0.497 e. The van der Waals surface area contributed by atoms with Crippen molar-refractivity contribution in [2.45, 2.75) is 62.8 Å². The number of anilines is 1. The quantitative estimate of drug-likeness (QED) is 0.399. The van der Waals surface area contributed by atoms with Crippen LogP contribution in [0.5, 0.6) is 5.75 Å². The van der Waals surface area contributed by atoms with E-state index in [4.69, 9.17) is 4.74 Å². The van der Waals surface area contributed by atoms with Gasteiger partial charge in [-0.3, -0.25) is 9.69 Å². The van der Waals surface area contributed by atoms with Crippen molar-refractivity contribution in [3.63, 3.8) is 0 Å². The predicted octanol–water partition coefficient (Wildman–Crippen LogP) is 5.11. The zero-order valence-corrected chi connectivity index (χ0v) is 27.9. The van der Waals surface area contributed by atoms with Crippen LogP contribution < -0.4 is 9.64 Å². The molecular formula is C33H44F4N4O4S. The number of benzene rings is 2. The summed E-state index contributed by atoms with van der Waals surface area (Å²) in [5.41, 5.74) is -1.36. The Morgan fingerprint density at radius 1 is 0.935 bits per heavy atom. The Balaban J connectivity index is 1.36. The van der Waals surface area contributed by atoms with Crippen LogP contribution in [0.15, 0.2) is 42.5 Å². The molecule has 254 valence electrons. The number of hydrogen-bond acceptors (Lipinski definition) is 6. The van der Waals surface area contributed by atoms with Crippen LogP contribution in [0, 0.1) is 0 Å². The van der Waals surface area contributed by atoms with Crippen molar-refractivity contribution in [3.05, 3.63) is 59.2 Å². The van der Waals surface area contributed by atoms with E-state index in [0.717, 1.165) is 29.5 Å². The number of carbonyl (C=O) groups is 1. The van der Waals surface area contributed by atoms with Crippen molar-refractivity contribution in [3.8, 4) is 5.75 Å². The number of sulfonamides is 1. The first-order valence-electron chi connectivity index (χ1n) is 15.7. The Labute approximate surface area is 269 Å². The van der Waals surface area contributed by atoms with Crippen LogP contribution in [0.25, 0.3) is 0 Å². The highest BCUT2D eigenvalue weighted by Crippen LogP contribution is 2.45. The third-order valence-electron chi connectivity index (χ3n) is 9.83. The molecule has 0 bridgehead atoms. The molecule has 3 heterocycles. The molecule has 0 aliphatic carbocycles. The summed E-state index contributed by atoms with van der Waals surface area (Å²) >= 11 is 0. The summed E-state index contributed by atoms with van der Waals surface area (Å²) in [6, 6.07) is 10.9. The molecular weight excluding hydrogens is 624 g/mol. The fraction of sp³-hybridized carbons (Fsp3) is 0.606. The fourth-order valence-electron chi connectivity index (χ4n) is 7.01. The molecule has 3 fully saturated rings. The van der Waals surface area contributed by atoms with Crippen molar-refractivity contribution in [2.24, 2.45) is 0 Å². The monoisotopic (exact) mass is 668 g/mol. The lowest BCUT2D eigenvalue weighted by molar-refractivity contribution is -0.145. The number of amides is 1. The van der Waals surface area contributed by atoms with Gasteiger partial charge in [-0.25, -0.2) is 12.8 Å². The third kappa shape index (κ3) is 7.01. The Morgan fingerprint density at radius 2 is 1.54 bits per heavy atom. The van der Waals surface area contributed by atoms with Gasteiger partial charge in [0.15, 0.2) is 0 Å². The Hall–Kier alpha value is -2.90. The summed E-state index contributed by atoms with van der Waals surface area (Å²) in [7, 11) is -1.85. The maximum absolute atomic E-state index is 17.2. The summed E-state index contributed by atoms with van der Waals surface area (Å²) in [6.07, 6.45) is -2.46. The van der Waals surface area contributed by atoms with E-state index in [-0.39, 0.29) is 57.3 Å². The molecule has 0 spiro atoms. The van der Waals surface area contributed by atoms with Crippen molar-refractivity contribution in [1.82, 2.24) is 14.1 Å². The maximum atomic E-state index is 17.2. The minimum absolute atomic E-state index is 0.0333. The highest BCUT2D eigenvalue weighted by atomic mass is 32.2. The number of halogens is 4. The smallest absolute Gasteiger partial charge is 0.416 e. The first-order valence-corrected chi connectivity index (χ1v) is 17.5. The largest absolute Gasteiger partial charge is 0.497 e. The molecule has 13 heteroatoms. The number of alkyl halides is 4. The van der Waals surface area contributed by atoms with Gasteiger partial charge in [-0.1, -0.05) is 18.2 Å². The van der Waals surface area contributed by atoms with Gasteiger partial charge >= 0.3 is 6.18 Å². The average Bonchev–Trinajstić information content (AvgIpc) is 3.39. The van der Waals surface area contributed by atoms with Gasteiger partial charge in [0.2, 0.25) is 15.7 Å². The number of ether oxygens (including phenoxy) is 1. The molecule has 0 N–H and O–H groups in total. The van der Waals surface area contributed by atoms with E-state index in [2.05, 4.69) is 0 Å². The van der Waals surface area contributed by atoms with E-state index in [0.29, 0.717) is 30.8 Å². The summed E-state index contributed by atoms with van der Waals surface area (Å²) in [6.45, 7) is 7.81. The first kappa shape index (κ1) is 34.4. The number of piperazine rings is 1.